The van der Waals surface area contributed by atoms with Gasteiger partial charge in [0.25, 0.3) is 0 Å². The molecule has 2 radical (unpaired) electrons. The lowest BCUT2D eigenvalue weighted by atomic mass is 9.93. The lowest BCUT2D eigenvalue weighted by molar-refractivity contribution is 0.335. The summed E-state index contributed by atoms with van der Waals surface area (Å²) in [5.41, 5.74) is 1.50. The second-order valence-corrected chi connectivity index (χ2v) is 2.17. The summed E-state index contributed by atoms with van der Waals surface area (Å²) >= 11 is 0. The molecule has 11 heavy (non-hydrogen) atoms. The van der Waals surface area contributed by atoms with Crippen LogP contribution < -0.4 is 0 Å². The molecule has 0 aliphatic carbocycles. The average molecular weight is 148 g/mol. The van der Waals surface area contributed by atoms with Crippen LogP contribution in [-0.4, -0.2) is 19.6 Å². The fourth-order valence-corrected chi connectivity index (χ4v) is 0.658. The zero-order valence-electron chi connectivity index (χ0n) is 7.04. The Kier molecular flexibility index (Phi) is 5.58. The molecule has 0 rings (SSSR count). The predicted molar refractivity (Wildman–Crippen MR) is 49.5 cm³/mol. The van der Waals surface area contributed by atoms with Crippen LogP contribution in [0.2, 0.25) is 0 Å². The highest BCUT2D eigenvalue weighted by Gasteiger charge is 1.87. The molecule has 0 saturated heterocycles. The van der Waals surface area contributed by atoms with Crippen LogP contribution in [0.25, 0.3) is 0 Å². The van der Waals surface area contributed by atoms with E-state index in [1.165, 1.54) is 0 Å². The van der Waals surface area contributed by atoms with Gasteiger partial charge in [-0.1, -0.05) is 24.3 Å². The number of hydrogen-bond donors (Lipinski definition) is 1. The molecule has 0 atom stereocenters. The molecule has 0 heterocycles. The second-order valence-electron chi connectivity index (χ2n) is 2.17. The maximum absolute atomic E-state index is 8.80. The standard InChI is InChI=1S/C9H13BO/c1-3-5-8(7-11)6-9(10)4-2/h3-6,11H,7H2,1-2H3/b5-3-,8-6+,9-4+. The minimum absolute atomic E-state index is 0.0267. The number of aliphatic hydroxyl groups is 1. The average Bonchev–Trinajstić information content (AvgIpc) is 2.03. The molecule has 58 valence electrons. The van der Waals surface area contributed by atoms with Crippen LogP contribution >= 0.6 is 0 Å². The molecule has 2 heteroatoms. The van der Waals surface area contributed by atoms with Gasteiger partial charge < -0.3 is 5.11 Å². The summed E-state index contributed by atoms with van der Waals surface area (Å²) < 4.78 is 0. The van der Waals surface area contributed by atoms with Crippen LogP contribution in [0.3, 0.4) is 0 Å². The molecule has 0 aromatic carbocycles. The number of hydrogen-bond acceptors (Lipinski definition) is 1. The third-order valence-electron chi connectivity index (χ3n) is 1.25. The highest BCUT2D eigenvalue weighted by molar-refractivity contribution is 6.23. The molecule has 0 aliphatic heterocycles. The fourth-order valence-electron chi connectivity index (χ4n) is 0.658. The Morgan fingerprint density at radius 3 is 2.45 bits per heavy atom. The third kappa shape index (κ3) is 4.62. The molecule has 0 aromatic rings. The Morgan fingerprint density at radius 2 is 2.09 bits per heavy atom. The Hall–Kier alpha value is -0.755. The molecule has 0 spiro atoms. The van der Waals surface area contributed by atoms with Gasteiger partial charge in [0.15, 0.2) is 0 Å². The summed E-state index contributed by atoms with van der Waals surface area (Å²) in [5, 5.41) is 8.80. The molecule has 0 saturated carbocycles. The summed E-state index contributed by atoms with van der Waals surface area (Å²) in [6.45, 7) is 3.78. The summed E-state index contributed by atoms with van der Waals surface area (Å²) in [6, 6.07) is 0. The molecule has 1 N–H and O–H groups in total. The third-order valence-corrected chi connectivity index (χ3v) is 1.25. The van der Waals surface area contributed by atoms with Crippen molar-refractivity contribution >= 4 is 7.85 Å². The number of aliphatic hydroxyl groups excluding tert-OH is 1. The molecular formula is C9H13BO. The van der Waals surface area contributed by atoms with Crippen molar-refractivity contribution in [3.05, 3.63) is 35.3 Å². The van der Waals surface area contributed by atoms with Crippen molar-refractivity contribution < 1.29 is 5.11 Å². The highest BCUT2D eigenvalue weighted by atomic mass is 16.3. The van der Waals surface area contributed by atoms with Gasteiger partial charge in [0, 0.05) is 0 Å². The van der Waals surface area contributed by atoms with E-state index in [-0.39, 0.29) is 6.61 Å². The predicted octanol–water partition coefficient (Wildman–Crippen LogP) is 1.55. The molecule has 0 amide bonds. The van der Waals surface area contributed by atoms with Crippen molar-refractivity contribution in [2.45, 2.75) is 13.8 Å². The largest absolute Gasteiger partial charge is 0.392 e. The summed E-state index contributed by atoms with van der Waals surface area (Å²) in [7, 11) is 5.52. The Balaban J connectivity index is 4.35. The van der Waals surface area contributed by atoms with E-state index in [0.717, 1.165) is 5.57 Å². The van der Waals surface area contributed by atoms with Crippen LogP contribution in [-0.2, 0) is 0 Å². The lowest BCUT2D eigenvalue weighted by Crippen LogP contribution is -1.87. The minimum atomic E-state index is 0.0267. The Bertz CT molecular complexity index is 190. The maximum atomic E-state index is 8.80. The van der Waals surface area contributed by atoms with E-state index < -0.39 is 0 Å². The van der Waals surface area contributed by atoms with E-state index in [9.17, 15) is 0 Å². The SMILES string of the molecule is [B]C(=C/C)/C=C(\C=C/C)CO. The molecular weight excluding hydrogens is 135 g/mol. The summed E-state index contributed by atoms with van der Waals surface area (Å²) in [4.78, 5) is 0. The minimum Gasteiger partial charge on any atom is -0.392 e. The zero-order valence-corrected chi connectivity index (χ0v) is 7.04. The van der Waals surface area contributed by atoms with Crippen molar-refractivity contribution in [3.63, 3.8) is 0 Å². The normalized spacial score (nSPS) is 14.5. The number of allylic oxidation sites excluding steroid dienone is 4. The smallest absolute Gasteiger partial charge is 0.113 e. The Morgan fingerprint density at radius 1 is 1.45 bits per heavy atom. The molecule has 1 nitrogen and oxygen atoms in total. The van der Waals surface area contributed by atoms with Crippen LogP contribution in [0, 0.1) is 0 Å². The maximum Gasteiger partial charge on any atom is 0.113 e. The lowest BCUT2D eigenvalue weighted by Gasteiger charge is -1.96. The first kappa shape index (κ1) is 10.2. The van der Waals surface area contributed by atoms with E-state index >= 15 is 0 Å². The topological polar surface area (TPSA) is 20.2 Å². The first-order chi connectivity index (χ1) is 5.24. The van der Waals surface area contributed by atoms with E-state index in [0.29, 0.717) is 5.47 Å². The van der Waals surface area contributed by atoms with Crippen molar-refractivity contribution in [1.82, 2.24) is 0 Å². The monoisotopic (exact) mass is 148 g/mol. The molecule has 0 aliphatic rings. The zero-order chi connectivity index (χ0) is 8.69. The Labute approximate surface area is 69.5 Å². The van der Waals surface area contributed by atoms with Gasteiger partial charge in [-0.05, 0) is 19.4 Å². The van der Waals surface area contributed by atoms with E-state index in [1.807, 2.05) is 26.0 Å². The molecule has 0 aromatic heterocycles. The van der Waals surface area contributed by atoms with Gasteiger partial charge in [-0.3, -0.25) is 0 Å². The molecule has 0 unspecified atom stereocenters. The van der Waals surface area contributed by atoms with Gasteiger partial charge in [-0.15, -0.1) is 5.47 Å². The van der Waals surface area contributed by atoms with Gasteiger partial charge in [0.2, 0.25) is 0 Å². The second kappa shape index (κ2) is 5.99. The van der Waals surface area contributed by atoms with Crippen molar-refractivity contribution in [2.24, 2.45) is 0 Å². The highest BCUT2D eigenvalue weighted by Crippen LogP contribution is 2.00. The first-order valence-electron chi connectivity index (χ1n) is 3.60. The van der Waals surface area contributed by atoms with Crippen molar-refractivity contribution in [1.29, 1.82) is 0 Å². The van der Waals surface area contributed by atoms with Gasteiger partial charge in [-0.2, -0.15) is 0 Å². The summed E-state index contributed by atoms with van der Waals surface area (Å²) in [6.07, 6.45) is 7.24. The van der Waals surface area contributed by atoms with Crippen LogP contribution in [0.4, 0.5) is 0 Å². The van der Waals surface area contributed by atoms with E-state index in [2.05, 4.69) is 0 Å². The number of rotatable bonds is 3. The van der Waals surface area contributed by atoms with Gasteiger partial charge >= 0.3 is 0 Å². The fraction of sp³-hybridized carbons (Fsp3) is 0.333. The molecule has 0 bridgehead atoms. The van der Waals surface area contributed by atoms with Crippen molar-refractivity contribution in [3.8, 4) is 0 Å². The molecule has 0 fully saturated rings. The van der Waals surface area contributed by atoms with Gasteiger partial charge in [0.1, 0.15) is 7.85 Å². The quantitative estimate of drug-likeness (QED) is 0.475. The van der Waals surface area contributed by atoms with E-state index in [1.54, 1.807) is 12.2 Å². The first-order valence-corrected chi connectivity index (χ1v) is 3.60. The van der Waals surface area contributed by atoms with Crippen LogP contribution in [0.15, 0.2) is 35.3 Å². The summed E-state index contributed by atoms with van der Waals surface area (Å²) in [5.74, 6) is 0. The van der Waals surface area contributed by atoms with Gasteiger partial charge in [0.05, 0.1) is 6.61 Å². The van der Waals surface area contributed by atoms with Crippen molar-refractivity contribution in [2.75, 3.05) is 6.61 Å². The van der Waals surface area contributed by atoms with Crippen LogP contribution in [0.1, 0.15) is 13.8 Å². The van der Waals surface area contributed by atoms with Gasteiger partial charge in [-0.25, -0.2) is 0 Å². The van der Waals surface area contributed by atoms with Crippen LogP contribution in [0.5, 0.6) is 0 Å². The van der Waals surface area contributed by atoms with E-state index in [4.69, 9.17) is 13.0 Å².